The van der Waals surface area contributed by atoms with Gasteiger partial charge in [0.15, 0.2) is 5.96 Å². The van der Waals surface area contributed by atoms with E-state index >= 15 is 0 Å². The average molecular weight is 394 g/mol. The maximum absolute atomic E-state index is 11.5. The SMILES string of the molecule is CCNC(=NCc1cccc(S(N)(=O)=O)c1)NCC(C)(O)c1ccc(C)o1. The van der Waals surface area contributed by atoms with Crippen LogP contribution in [0.1, 0.15) is 30.9 Å². The average Bonchev–Trinajstić information content (AvgIpc) is 3.04. The molecule has 0 spiro atoms. The van der Waals surface area contributed by atoms with E-state index in [1.165, 1.54) is 12.1 Å². The minimum absolute atomic E-state index is 0.0456. The number of nitrogens with two attached hydrogens (primary N) is 1. The number of guanidine groups is 1. The van der Waals surface area contributed by atoms with E-state index in [-0.39, 0.29) is 18.0 Å². The van der Waals surface area contributed by atoms with E-state index in [0.717, 1.165) is 5.76 Å². The first-order valence-electron chi connectivity index (χ1n) is 8.55. The molecule has 0 aliphatic heterocycles. The molecule has 1 aromatic carbocycles. The molecule has 148 valence electrons. The second-order valence-electron chi connectivity index (χ2n) is 6.43. The van der Waals surface area contributed by atoms with Crippen LogP contribution < -0.4 is 15.8 Å². The summed E-state index contributed by atoms with van der Waals surface area (Å²) in [5.41, 5.74) is -0.509. The van der Waals surface area contributed by atoms with Gasteiger partial charge in [-0.1, -0.05) is 12.1 Å². The van der Waals surface area contributed by atoms with Gasteiger partial charge in [0.25, 0.3) is 0 Å². The van der Waals surface area contributed by atoms with Crippen molar-refractivity contribution in [3.63, 3.8) is 0 Å². The second kappa shape index (κ2) is 8.55. The van der Waals surface area contributed by atoms with E-state index in [4.69, 9.17) is 9.56 Å². The van der Waals surface area contributed by atoms with Gasteiger partial charge in [-0.05, 0) is 50.6 Å². The van der Waals surface area contributed by atoms with Gasteiger partial charge in [-0.3, -0.25) is 0 Å². The van der Waals surface area contributed by atoms with E-state index in [2.05, 4.69) is 15.6 Å². The first-order valence-corrected chi connectivity index (χ1v) is 10.1. The summed E-state index contributed by atoms with van der Waals surface area (Å²) in [6.07, 6.45) is 0. The maximum Gasteiger partial charge on any atom is 0.238 e. The standard InChI is InChI=1S/C18H26N4O4S/c1-4-20-17(22-12-18(3,23)16-9-8-13(2)26-16)21-11-14-6-5-7-15(10-14)27(19,24)25/h5-10,23H,4,11-12H2,1-3H3,(H2,19,24,25)(H2,20,21,22). The molecule has 0 bridgehead atoms. The summed E-state index contributed by atoms with van der Waals surface area (Å²) in [6, 6.07) is 9.85. The summed E-state index contributed by atoms with van der Waals surface area (Å²) in [7, 11) is -3.76. The molecule has 0 aliphatic carbocycles. The molecule has 1 unspecified atom stereocenters. The molecule has 2 aromatic rings. The van der Waals surface area contributed by atoms with Crippen LogP contribution in [0.15, 0.2) is 50.7 Å². The second-order valence-corrected chi connectivity index (χ2v) is 7.99. The van der Waals surface area contributed by atoms with E-state index < -0.39 is 15.6 Å². The largest absolute Gasteiger partial charge is 0.463 e. The predicted molar refractivity (Wildman–Crippen MR) is 104 cm³/mol. The number of nitrogens with zero attached hydrogens (tertiary/aromatic N) is 1. The fraction of sp³-hybridized carbons (Fsp3) is 0.389. The normalized spacial score (nSPS) is 14.6. The van der Waals surface area contributed by atoms with Gasteiger partial charge in [-0.2, -0.15) is 0 Å². The summed E-state index contributed by atoms with van der Waals surface area (Å²) >= 11 is 0. The number of hydrogen-bond donors (Lipinski definition) is 4. The number of primary sulfonamides is 1. The molecule has 0 aliphatic rings. The Balaban J connectivity index is 2.08. The molecule has 5 N–H and O–H groups in total. The van der Waals surface area contributed by atoms with E-state index in [1.54, 1.807) is 31.2 Å². The highest BCUT2D eigenvalue weighted by atomic mass is 32.2. The van der Waals surface area contributed by atoms with Crippen molar-refractivity contribution in [2.45, 2.75) is 37.8 Å². The van der Waals surface area contributed by atoms with Gasteiger partial charge in [0.2, 0.25) is 10.0 Å². The Morgan fingerprint density at radius 3 is 2.63 bits per heavy atom. The minimum Gasteiger partial charge on any atom is -0.463 e. The minimum atomic E-state index is -3.76. The van der Waals surface area contributed by atoms with Gasteiger partial charge in [-0.25, -0.2) is 18.5 Å². The number of sulfonamides is 1. The Morgan fingerprint density at radius 2 is 2.04 bits per heavy atom. The predicted octanol–water partition coefficient (Wildman–Crippen LogP) is 1.20. The number of aryl methyl sites for hydroxylation is 1. The molecular formula is C18H26N4O4S. The number of benzene rings is 1. The summed E-state index contributed by atoms with van der Waals surface area (Å²) in [6.45, 7) is 6.45. The fourth-order valence-corrected chi connectivity index (χ4v) is 2.98. The van der Waals surface area contributed by atoms with Crippen LogP contribution in [0.4, 0.5) is 0 Å². The summed E-state index contributed by atoms with van der Waals surface area (Å²) < 4.78 is 28.4. The smallest absolute Gasteiger partial charge is 0.238 e. The van der Waals surface area contributed by atoms with Crippen LogP contribution in [0.5, 0.6) is 0 Å². The highest BCUT2D eigenvalue weighted by Gasteiger charge is 2.27. The lowest BCUT2D eigenvalue weighted by Crippen LogP contribution is -2.44. The Morgan fingerprint density at radius 1 is 1.30 bits per heavy atom. The van der Waals surface area contributed by atoms with Crippen LogP contribution in [-0.4, -0.2) is 32.6 Å². The topological polar surface area (TPSA) is 130 Å². The molecule has 0 saturated heterocycles. The number of furan rings is 1. The van der Waals surface area contributed by atoms with E-state index in [1.807, 2.05) is 13.8 Å². The van der Waals surface area contributed by atoms with Crippen LogP contribution in [-0.2, 0) is 22.2 Å². The monoisotopic (exact) mass is 394 g/mol. The molecule has 1 atom stereocenters. The van der Waals surface area contributed by atoms with Crippen molar-refractivity contribution in [2.24, 2.45) is 10.1 Å². The van der Waals surface area contributed by atoms with E-state index in [9.17, 15) is 13.5 Å². The van der Waals surface area contributed by atoms with Crippen molar-refractivity contribution >= 4 is 16.0 Å². The molecule has 1 heterocycles. The van der Waals surface area contributed by atoms with Gasteiger partial charge in [0, 0.05) is 6.54 Å². The zero-order chi connectivity index (χ0) is 20.1. The number of hydrogen-bond acceptors (Lipinski definition) is 5. The first kappa shape index (κ1) is 20.9. The number of aliphatic imine (C=N–C) groups is 1. The van der Waals surface area contributed by atoms with Crippen molar-refractivity contribution in [2.75, 3.05) is 13.1 Å². The number of nitrogens with one attached hydrogen (secondary N) is 2. The molecule has 0 saturated carbocycles. The zero-order valence-electron chi connectivity index (χ0n) is 15.7. The van der Waals surface area contributed by atoms with Gasteiger partial charge in [0.05, 0.1) is 18.0 Å². The lowest BCUT2D eigenvalue weighted by Gasteiger charge is -2.22. The Labute approximate surface area is 159 Å². The van der Waals surface area contributed by atoms with Crippen LogP contribution >= 0.6 is 0 Å². The van der Waals surface area contributed by atoms with Gasteiger partial charge in [-0.15, -0.1) is 0 Å². The lowest BCUT2D eigenvalue weighted by molar-refractivity contribution is 0.0378. The number of rotatable bonds is 7. The van der Waals surface area contributed by atoms with Crippen molar-refractivity contribution in [3.05, 3.63) is 53.5 Å². The van der Waals surface area contributed by atoms with Crippen LogP contribution in [0.3, 0.4) is 0 Å². The van der Waals surface area contributed by atoms with Crippen LogP contribution in [0.2, 0.25) is 0 Å². The quantitative estimate of drug-likeness (QED) is 0.412. The van der Waals surface area contributed by atoms with E-state index in [0.29, 0.717) is 23.8 Å². The fourth-order valence-electron chi connectivity index (χ4n) is 2.40. The number of aliphatic hydroxyl groups is 1. The third-order valence-corrected chi connectivity index (χ3v) is 4.77. The molecule has 0 fully saturated rings. The lowest BCUT2D eigenvalue weighted by atomic mass is 10.0. The van der Waals surface area contributed by atoms with Crippen molar-refractivity contribution < 1.29 is 17.9 Å². The summed E-state index contributed by atoms with van der Waals surface area (Å²) in [4.78, 5) is 4.47. The van der Waals surface area contributed by atoms with Crippen molar-refractivity contribution in [1.82, 2.24) is 10.6 Å². The molecule has 0 amide bonds. The van der Waals surface area contributed by atoms with Crippen LogP contribution in [0, 0.1) is 6.92 Å². The third-order valence-electron chi connectivity index (χ3n) is 3.86. The van der Waals surface area contributed by atoms with Gasteiger partial charge >= 0.3 is 0 Å². The van der Waals surface area contributed by atoms with Crippen LogP contribution in [0.25, 0.3) is 0 Å². The first-order chi connectivity index (χ1) is 12.6. The van der Waals surface area contributed by atoms with Crippen molar-refractivity contribution in [1.29, 1.82) is 0 Å². The summed E-state index contributed by atoms with van der Waals surface area (Å²) in [5, 5.41) is 21.9. The molecule has 1 aromatic heterocycles. The Hall–Kier alpha value is -2.36. The maximum atomic E-state index is 11.5. The van der Waals surface area contributed by atoms with Gasteiger partial charge in [0.1, 0.15) is 17.1 Å². The summed E-state index contributed by atoms with van der Waals surface area (Å²) in [5.74, 6) is 1.67. The highest BCUT2D eigenvalue weighted by molar-refractivity contribution is 7.89. The molecule has 27 heavy (non-hydrogen) atoms. The zero-order valence-corrected chi connectivity index (χ0v) is 16.5. The molecule has 9 heteroatoms. The Kier molecular flexibility index (Phi) is 6.63. The third kappa shape index (κ3) is 6.09. The van der Waals surface area contributed by atoms with Gasteiger partial charge < -0.3 is 20.2 Å². The highest BCUT2D eigenvalue weighted by Crippen LogP contribution is 2.21. The molecule has 0 radical (unpaired) electrons. The Bertz CT molecular complexity index is 904. The molecule has 2 rings (SSSR count). The molecule has 8 nitrogen and oxygen atoms in total. The van der Waals surface area contributed by atoms with Crippen molar-refractivity contribution in [3.8, 4) is 0 Å². The molecular weight excluding hydrogens is 368 g/mol.